The summed E-state index contributed by atoms with van der Waals surface area (Å²) < 4.78 is 90.1. The number of hydrogen-bond donors (Lipinski definition) is 0. The normalized spacial score (nSPS) is 18.3. The Morgan fingerprint density at radius 2 is 0.943 bits per heavy atom. The molecule has 0 unspecified atom stereocenters. The standard InChI is InChI=1S/C23H14F6N4S2/c1-11-17(32-19(34-11)13-3-7-30-8-4-13)15-16(22(26,27)23(28,29)21(15,24)25)18-12(2)35-20(33-18)14-5-9-31-10-6-14/h3-10H,1-2H3. The Balaban J connectivity index is 1.78. The van der Waals surface area contributed by atoms with E-state index in [9.17, 15) is 8.78 Å². The Morgan fingerprint density at radius 1 is 0.600 bits per heavy atom. The predicted octanol–water partition coefficient (Wildman–Crippen LogP) is 7.17. The van der Waals surface area contributed by atoms with Gasteiger partial charge in [0.05, 0.1) is 22.5 Å². The number of alkyl halides is 6. The van der Waals surface area contributed by atoms with E-state index >= 15 is 17.6 Å². The Bertz CT molecular complexity index is 1340. The number of aromatic nitrogens is 4. The summed E-state index contributed by atoms with van der Waals surface area (Å²) in [7, 11) is 0. The first-order valence-electron chi connectivity index (χ1n) is 10.1. The summed E-state index contributed by atoms with van der Waals surface area (Å²) in [6, 6.07) is 6.22. The van der Waals surface area contributed by atoms with Crippen LogP contribution in [0.15, 0.2) is 49.1 Å². The highest BCUT2D eigenvalue weighted by molar-refractivity contribution is 7.15. The van der Waals surface area contributed by atoms with Crippen LogP contribution in [0.25, 0.3) is 32.3 Å². The number of allylic oxidation sites excluding steroid dienone is 2. The Labute approximate surface area is 203 Å². The molecule has 12 heteroatoms. The minimum Gasteiger partial charge on any atom is -0.265 e. The van der Waals surface area contributed by atoms with Gasteiger partial charge in [0.15, 0.2) is 0 Å². The molecule has 0 atom stereocenters. The van der Waals surface area contributed by atoms with Crippen LogP contribution in [0.5, 0.6) is 0 Å². The van der Waals surface area contributed by atoms with E-state index < -0.39 is 40.3 Å². The molecule has 4 aromatic rings. The molecule has 35 heavy (non-hydrogen) atoms. The molecule has 1 aliphatic carbocycles. The number of nitrogens with zero attached hydrogens (tertiary/aromatic N) is 4. The largest absolute Gasteiger partial charge is 0.380 e. The molecule has 0 fully saturated rings. The third kappa shape index (κ3) is 3.41. The van der Waals surface area contributed by atoms with Crippen molar-refractivity contribution in [3.8, 4) is 21.1 Å². The lowest BCUT2D eigenvalue weighted by Crippen LogP contribution is -2.49. The van der Waals surface area contributed by atoms with Crippen molar-refractivity contribution >= 4 is 33.8 Å². The molecule has 180 valence electrons. The lowest BCUT2D eigenvalue weighted by Gasteiger charge is -2.25. The third-order valence-corrected chi connectivity index (χ3v) is 7.63. The molecule has 0 radical (unpaired) electrons. The van der Waals surface area contributed by atoms with Crippen LogP contribution < -0.4 is 0 Å². The SMILES string of the molecule is Cc1sc(-c2ccncc2)nc1C1=C(c2nc(-c3ccncc3)sc2C)C(F)(F)C(F)(F)C1(F)F. The van der Waals surface area contributed by atoms with Crippen LogP contribution >= 0.6 is 22.7 Å². The first kappa shape index (κ1) is 23.6. The summed E-state index contributed by atoms with van der Waals surface area (Å²) in [5, 5.41) is 0.433. The lowest BCUT2D eigenvalue weighted by atomic mass is 10.0. The summed E-state index contributed by atoms with van der Waals surface area (Å²) in [6.45, 7) is 2.76. The number of thiazole rings is 2. The van der Waals surface area contributed by atoms with Crippen molar-refractivity contribution in [2.75, 3.05) is 0 Å². The molecule has 4 aromatic heterocycles. The molecule has 0 bridgehead atoms. The van der Waals surface area contributed by atoms with Gasteiger partial charge in [-0.1, -0.05) is 0 Å². The number of aryl methyl sites for hydroxylation is 2. The van der Waals surface area contributed by atoms with Crippen molar-refractivity contribution in [3.63, 3.8) is 0 Å². The fourth-order valence-corrected chi connectivity index (χ4v) is 5.70. The molecule has 4 heterocycles. The first-order valence-corrected chi connectivity index (χ1v) is 11.7. The summed E-state index contributed by atoms with van der Waals surface area (Å²) in [6.07, 6.45) is 5.79. The molecular formula is C23H14F6N4S2. The Morgan fingerprint density at radius 3 is 1.29 bits per heavy atom. The summed E-state index contributed by atoms with van der Waals surface area (Å²) in [5.74, 6) is -16.1. The zero-order valence-corrected chi connectivity index (χ0v) is 19.6. The van der Waals surface area contributed by atoms with E-state index in [0.29, 0.717) is 11.1 Å². The van der Waals surface area contributed by atoms with Crippen LogP contribution in [0.4, 0.5) is 26.3 Å². The van der Waals surface area contributed by atoms with E-state index in [4.69, 9.17) is 0 Å². The molecule has 4 nitrogen and oxygen atoms in total. The maximum absolute atomic E-state index is 15.2. The third-order valence-electron chi connectivity index (χ3n) is 5.59. The molecule has 0 aliphatic heterocycles. The van der Waals surface area contributed by atoms with Crippen molar-refractivity contribution < 1.29 is 26.3 Å². The maximum Gasteiger partial charge on any atom is 0.380 e. The fourth-order valence-electron chi connectivity index (χ4n) is 3.85. The zero-order valence-electron chi connectivity index (χ0n) is 18.0. The van der Waals surface area contributed by atoms with Gasteiger partial charge in [-0.25, -0.2) is 9.97 Å². The molecule has 0 saturated heterocycles. The van der Waals surface area contributed by atoms with Gasteiger partial charge >= 0.3 is 17.8 Å². The minimum absolute atomic E-state index is 0.0970. The quantitative estimate of drug-likeness (QED) is 0.266. The van der Waals surface area contributed by atoms with Crippen LogP contribution in [-0.2, 0) is 0 Å². The zero-order chi connectivity index (χ0) is 25.2. The number of hydrogen-bond acceptors (Lipinski definition) is 6. The van der Waals surface area contributed by atoms with Crippen molar-refractivity contribution in [2.24, 2.45) is 0 Å². The second kappa shape index (κ2) is 7.95. The van der Waals surface area contributed by atoms with E-state index in [-0.39, 0.29) is 19.8 Å². The Kier molecular flexibility index (Phi) is 5.37. The van der Waals surface area contributed by atoms with Gasteiger partial charge in [0, 0.05) is 45.7 Å². The molecule has 0 amide bonds. The van der Waals surface area contributed by atoms with Gasteiger partial charge in [-0.3, -0.25) is 9.97 Å². The van der Waals surface area contributed by atoms with Crippen LogP contribution in [-0.4, -0.2) is 37.7 Å². The summed E-state index contributed by atoms with van der Waals surface area (Å²) in [4.78, 5) is 16.2. The highest BCUT2D eigenvalue weighted by Crippen LogP contribution is 2.65. The van der Waals surface area contributed by atoms with Crippen molar-refractivity contribution in [3.05, 3.63) is 70.2 Å². The van der Waals surface area contributed by atoms with Gasteiger partial charge in [0.1, 0.15) is 10.0 Å². The van der Waals surface area contributed by atoms with Gasteiger partial charge in [-0.05, 0) is 38.1 Å². The Hall–Kier alpha value is -3.12. The smallest absolute Gasteiger partial charge is 0.265 e. The van der Waals surface area contributed by atoms with Crippen molar-refractivity contribution in [1.82, 2.24) is 19.9 Å². The maximum atomic E-state index is 15.2. The summed E-state index contributed by atoms with van der Waals surface area (Å²) in [5.41, 5.74) is -3.22. The second-order valence-electron chi connectivity index (χ2n) is 7.79. The minimum atomic E-state index is -5.68. The average Bonchev–Trinajstić information content (AvgIpc) is 3.42. The van der Waals surface area contributed by atoms with E-state index in [0.717, 1.165) is 22.7 Å². The molecule has 5 rings (SSSR count). The van der Waals surface area contributed by atoms with Crippen LogP contribution in [0, 0.1) is 13.8 Å². The van der Waals surface area contributed by atoms with E-state index in [2.05, 4.69) is 19.9 Å². The first-order chi connectivity index (χ1) is 16.5. The molecule has 1 aliphatic rings. The summed E-state index contributed by atoms with van der Waals surface area (Å²) >= 11 is 1.88. The molecule has 0 saturated carbocycles. The number of halogens is 6. The topological polar surface area (TPSA) is 51.6 Å². The van der Waals surface area contributed by atoms with E-state index in [1.807, 2.05) is 0 Å². The second-order valence-corrected chi connectivity index (χ2v) is 10.2. The average molecular weight is 525 g/mol. The van der Waals surface area contributed by atoms with Gasteiger partial charge in [0.2, 0.25) is 0 Å². The molecule has 0 spiro atoms. The lowest BCUT2D eigenvalue weighted by molar-refractivity contribution is -0.254. The van der Waals surface area contributed by atoms with Crippen molar-refractivity contribution in [2.45, 2.75) is 31.6 Å². The van der Waals surface area contributed by atoms with E-state index in [1.54, 1.807) is 24.3 Å². The predicted molar refractivity (Wildman–Crippen MR) is 122 cm³/mol. The van der Waals surface area contributed by atoms with Crippen LogP contribution in [0.3, 0.4) is 0 Å². The highest BCUT2D eigenvalue weighted by Gasteiger charge is 2.81. The van der Waals surface area contributed by atoms with Gasteiger partial charge in [-0.15, -0.1) is 22.7 Å². The molecule has 0 aromatic carbocycles. The van der Waals surface area contributed by atoms with Gasteiger partial charge in [0.25, 0.3) is 0 Å². The van der Waals surface area contributed by atoms with Crippen LogP contribution in [0.1, 0.15) is 21.1 Å². The van der Waals surface area contributed by atoms with Gasteiger partial charge < -0.3 is 0 Å². The van der Waals surface area contributed by atoms with E-state index in [1.165, 1.54) is 38.6 Å². The number of rotatable bonds is 4. The molecule has 0 N–H and O–H groups in total. The van der Waals surface area contributed by atoms with Crippen LogP contribution in [0.2, 0.25) is 0 Å². The van der Waals surface area contributed by atoms with Gasteiger partial charge in [-0.2, -0.15) is 26.3 Å². The molecular weight excluding hydrogens is 510 g/mol. The fraction of sp³-hybridized carbons (Fsp3) is 0.217. The van der Waals surface area contributed by atoms with Crippen molar-refractivity contribution in [1.29, 1.82) is 0 Å². The monoisotopic (exact) mass is 524 g/mol. The highest BCUT2D eigenvalue weighted by atomic mass is 32.1. The number of pyridine rings is 2.